The van der Waals surface area contributed by atoms with Crippen LogP contribution >= 0.6 is 12.2 Å². The zero-order valence-corrected chi connectivity index (χ0v) is 16.5. The topological polar surface area (TPSA) is 143 Å². The molecule has 4 heterocycles. The first-order valence-electron chi connectivity index (χ1n) is 9.14. The largest absolute Gasteiger partial charge is 0.497 e. The van der Waals surface area contributed by atoms with Crippen LogP contribution in [-0.2, 0) is 4.74 Å². The van der Waals surface area contributed by atoms with E-state index in [1.807, 2.05) is 24.3 Å². The van der Waals surface area contributed by atoms with Gasteiger partial charge >= 0.3 is 0 Å². The summed E-state index contributed by atoms with van der Waals surface area (Å²) in [4.78, 5) is 8.85. The molecule has 12 heteroatoms. The number of hydrogen-bond acceptors (Lipinski definition) is 9. The number of benzene rings is 1. The average Bonchev–Trinajstić information content (AvgIpc) is 3.45. The number of nitrogens with one attached hydrogen (secondary N) is 1. The van der Waals surface area contributed by atoms with Gasteiger partial charge in [0.1, 0.15) is 24.1 Å². The number of nitrogens with zero attached hydrogens (tertiary/aromatic N) is 5. The van der Waals surface area contributed by atoms with Crippen molar-refractivity contribution in [1.82, 2.24) is 29.1 Å². The number of aromatic nitrogens is 6. The van der Waals surface area contributed by atoms with Crippen molar-refractivity contribution in [3.8, 4) is 17.1 Å². The van der Waals surface area contributed by atoms with E-state index in [-0.39, 0.29) is 4.77 Å². The predicted octanol–water partition coefficient (Wildman–Crippen LogP) is 0.424. The van der Waals surface area contributed by atoms with Gasteiger partial charge in [-0.2, -0.15) is 10.1 Å². The van der Waals surface area contributed by atoms with E-state index in [2.05, 4.69) is 20.2 Å². The molecule has 4 atom stereocenters. The van der Waals surface area contributed by atoms with E-state index in [9.17, 15) is 15.3 Å². The first-order chi connectivity index (χ1) is 14.5. The van der Waals surface area contributed by atoms with E-state index in [1.165, 1.54) is 10.9 Å². The van der Waals surface area contributed by atoms with Crippen LogP contribution in [0.4, 0.5) is 0 Å². The number of methoxy groups -OCH3 is 1. The van der Waals surface area contributed by atoms with Crippen LogP contribution < -0.4 is 4.74 Å². The lowest BCUT2D eigenvalue weighted by Gasteiger charge is -2.16. The molecule has 1 fully saturated rings. The second-order valence-corrected chi connectivity index (χ2v) is 7.27. The van der Waals surface area contributed by atoms with Crippen molar-refractivity contribution in [1.29, 1.82) is 0 Å². The third kappa shape index (κ3) is 2.73. The Bertz CT molecular complexity index is 1280. The molecule has 1 aliphatic heterocycles. The van der Waals surface area contributed by atoms with Crippen LogP contribution in [0.25, 0.3) is 28.2 Å². The number of aliphatic hydroxyl groups excluding tert-OH is 3. The molecule has 30 heavy (non-hydrogen) atoms. The third-order valence-electron chi connectivity index (χ3n) is 5.23. The lowest BCUT2D eigenvalue weighted by atomic mass is 10.1. The molecule has 4 aromatic rings. The summed E-state index contributed by atoms with van der Waals surface area (Å²) in [7, 11) is 1.60. The Morgan fingerprint density at radius 2 is 2.00 bits per heavy atom. The van der Waals surface area contributed by atoms with Crippen molar-refractivity contribution in [2.24, 2.45) is 0 Å². The van der Waals surface area contributed by atoms with Gasteiger partial charge in [-0.15, -0.1) is 0 Å². The normalized spacial score (nSPS) is 24.1. The van der Waals surface area contributed by atoms with Crippen LogP contribution in [-0.4, -0.2) is 76.5 Å². The summed E-state index contributed by atoms with van der Waals surface area (Å²) in [6.07, 6.45) is -2.91. The van der Waals surface area contributed by atoms with Gasteiger partial charge in [-0.05, 0) is 36.5 Å². The Balaban J connectivity index is 1.64. The lowest BCUT2D eigenvalue weighted by Crippen LogP contribution is -2.33. The van der Waals surface area contributed by atoms with Gasteiger partial charge < -0.3 is 24.8 Å². The first-order valence-corrected chi connectivity index (χ1v) is 9.55. The molecule has 5 rings (SSSR count). The summed E-state index contributed by atoms with van der Waals surface area (Å²) in [5, 5.41) is 37.1. The third-order valence-corrected chi connectivity index (χ3v) is 5.50. The number of fused-ring (bicyclic) bond motifs is 3. The average molecular weight is 430 g/mol. The van der Waals surface area contributed by atoms with Gasteiger partial charge in [0.2, 0.25) is 4.77 Å². The maximum absolute atomic E-state index is 10.3. The fourth-order valence-electron chi connectivity index (χ4n) is 3.66. The SMILES string of the molecule is COc1ccc(-c2n[nH]c3c4ncn([C@@H]5O[C@H](CO)[C@@H](O)[C@H]5O)c4nc(=S)n23)cc1. The molecule has 11 nitrogen and oxygen atoms in total. The van der Waals surface area contributed by atoms with Crippen LogP contribution in [0, 0.1) is 4.77 Å². The molecular formula is C18H18N6O5S. The highest BCUT2D eigenvalue weighted by Crippen LogP contribution is 2.32. The predicted molar refractivity (Wildman–Crippen MR) is 106 cm³/mol. The molecule has 0 saturated carbocycles. The smallest absolute Gasteiger partial charge is 0.209 e. The van der Waals surface area contributed by atoms with Crippen molar-refractivity contribution in [2.75, 3.05) is 13.7 Å². The minimum atomic E-state index is -1.25. The van der Waals surface area contributed by atoms with Crippen LogP contribution in [0.2, 0.25) is 0 Å². The zero-order valence-electron chi connectivity index (χ0n) is 15.7. The quantitative estimate of drug-likeness (QED) is 0.339. The molecule has 0 radical (unpaired) electrons. The summed E-state index contributed by atoms with van der Waals surface area (Å²) in [6.45, 7) is -0.424. The molecule has 1 aliphatic rings. The fourth-order valence-corrected chi connectivity index (χ4v) is 3.92. The van der Waals surface area contributed by atoms with Crippen molar-refractivity contribution >= 4 is 29.0 Å². The Hall–Kier alpha value is -2.90. The number of ether oxygens (including phenoxy) is 2. The number of imidazole rings is 1. The summed E-state index contributed by atoms with van der Waals surface area (Å²) in [5.41, 5.74) is 2.16. The minimum Gasteiger partial charge on any atom is -0.497 e. The highest BCUT2D eigenvalue weighted by Gasteiger charge is 2.44. The molecule has 0 amide bonds. The molecule has 0 unspecified atom stereocenters. The standard InChI is InChI=1S/C18H18N6O5S/c1-28-9-4-2-8(3-5-9)14-21-22-16-11-15(20-18(30)24(14)16)23(7-19-11)17-13(27)12(26)10(6-25)29-17/h2-5,7,10,12-13,17,22,25-27H,6H2,1H3/t10-,12-,13-,17-/m1/s1. The Morgan fingerprint density at radius 1 is 1.23 bits per heavy atom. The van der Waals surface area contributed by atoms with E-state index in [0.717, 1.165) is 11.3 Å². The highest BCUT2D eigenvalue weighted by molar-refractivity contribution is 7.71. The van der Waals surface area contributed by atoms with Crippen molar-refractivity contribution < 1.29 is 24.8 Å². The van der Waals surface area contributed by atoms with Gasteiger partial charge in [-0.3, -0.25) is 9.67 Å². The number of H-pyrrole nitrogens is 1. The molecule has 0 bridgehead atoms. The van der Waals surface area contributed by atoms with E-state index in [4.69, 9.17) is 21.7 Å². The molecular weight excluding hydrogens is 412 g/mol. The molecule has 4 N–H and O–H groups in total. The van der Waals surface area contributed by atoms with Crippen molar-refractivity contribution in [3.05, 3.63) is 35.4 Å². The number of rotatable bonds is 4. The van der Waals surface area contributed by atoms with Crippen molar-refractivity contribution in [3.63, 3.8) is 0 Å². The van der Waals surface area contributed by atoms with Crippen LogP contribution in [0.5, 0.6) is 5.75 Å². The monoisotopic (exact) mass is 430 g/mol. The number of aromatic amines is 1. The molecule has 3 aromatic heterocycles. The summed E-state index contributed by atoms with van der Waals surface area (Å²) < 4.78 is 14.2. The van der Waals surface area contributed by atoms with Gasteiger partial charge in [0.25, 0.3) is 0 Å². The Morgan fingerprint density at radius 3 is 2.67 bits per heavy atom. The van der Waals surface area contributed by atoms with E-state index < -0.39 is 31.1 Å². The fraction of sp³-hybridized carbons (Fsp3) is 0.333. The maximum Gasteiger partial charge on any atom is 0.209 e. The Labute approximate surface area is 174 Å². The molecule has 1 aromatic carbocycles. The van der Waals surface area contributed by atoms with Gasteiger partial charge in [0, 0.05) is 5.56 Å². The second-order valence-electron chi connectivity index (χ2n) is 6.91. The summed E-state index contributed by atoms with van der Waals surface area (Å²) >= 11 is 5.50. The van der Waals surface area contributed by atoms with E-state index in [1.54, 1.807) is 11.5 Å². The Kier molecular flexibility index (Phi) is 4.52. The number of aliphatic hydroxyl groups is 3. The van der Waals surface area contributed by atoms with Crippen LogP contribution in [0.3, 0.4) is 0 Å². The van der Waals surface area contributed by atoms with Crippen LogP contribution in [0.15, 0.2) is 30.6 Å². The molecule has 0 spiro atoms. The summed E-state index contributed by atoms with van der Waals surface area (Å²) in [5.74, 6) is 1.29. The van der Waals surface area contributed by atoms with Gasteiger partial charge in [0.05, 0.1) is 20.0 Å². The van der Waals surface area contributed by atoms with Crippen LogP contribution in [0.1, 0.15) is 6.23 Å². The van der Waals surface area contributed by atoms with E-state index >= 15 is 0 Å². The lowest BCUT2D eigenvalue weighted by molar-refractivity contribution is -0.0511. The van der Waals surface area contributed by atoms with Gasteiger partial charge in [-0.1, -0.05) is 0 Å². The first kappa shape index (κ1) is 19.1. The molecule has 0 aliphatic carbocycles. The van der Waals surface area contributed by atoms with E-state index in [0.29, 0.717) is 22.6 Å². The number of hydrogen-bond donors (Lipinski definition) is 4. The molecule has 156 valence electrons. The van der Waals surface area contributed by atoms with Gasteiger partial charge in [-0.25, -0.2) is 9.38 Å². The van der Waals surface area contributed by atoms with Crippen molar-refractivity contribution in [2.45, 2.75) is 24.5 Å². The maximum atomic E-state index is 10.3. The highest BCUT2D eigenvalue weighted by atomic mass is 32.1. The molecule has 1 saturated heterocycles. The second kappa shape index (κ2) is 7.11. The zero-order chi connectivity index (χ0) is 21.0. The minimum absolute atomic E-state index is 0.227. The van der Waals surface area contributed by atoms with Gasteiger partial charge in [0.15, 0.2) is 28.9 Å². The summed E-state index contributed by atoms with van der Waals surface area (Å²) in [6, 6.07) is 7.36.